The van der Waals surface area contributed by atoms with Gasteiger partial charge in [0.2, 0.25) is 10.0 Å². The first-order valence-electron chi connectivity index (χ1n) is 6.76. The van der Waals surface area contributed by atoms with Gasteiger partial charge in [0.25, 0.3) is 0 Å². The van der Waals surface area contributed by atoms with Crippen LogP contribution in [-0.2, 0) is 10.0 Å². The quantitative estimate of drug-likeness (QED) is 0.806. The fourth-order valence-corrected chi connectivity index (χ4v) is 2.71. The molecule has 0 bridgehead atoms. The minimum absolute atomic E-state index is 0.165. The first-order valence-corrected chi connectivity index (χ1v) is 8.30. The predicted octanol–water partition coefficient (Wildman–Crippen LogP) is 2.22. The summed E-state index contributed by atoms with van der Waals surface area (Å²) >= 11 is 0. The van der Waals surface area contributed by atoms with Crippen molar-refractivity contribution >= 4 is 10.0 Å². The summed E-state index contributed by atoms with van der Waals surface area (Å²) in [6.45, 7) is 7.45. The van der Waals surface area contributed by atoms with Crippen molar-refractivity contribution < 1.29 is 8.42 Å². The third kappa shape index (κ3) is 4.60. The normalized spacial score (nSPS) is 15.2. The van der Waals surface area contributed by atoms with E-state index in [2.05, 4.69) is 26.1 Å². The van der Waals surface area contributed by atoms with Gasteiger partial charge in [-0.2, -0.15) is 0 Å². The molecule has 0 saturated carbocycles. The fraction of sp³-hybridized carbons (Fsp3) is 0.571. The lowest BCUT2D eigenvalue weighted by Crippen LogP contribution is -2.33. The smallest absolute Gasteiger partial charge is 0.238 e. The van der Waals surface area contributed by atoms with Crippen molar-refractivity contribution in [3.8, 4) is 0 Å². The third-order valence-corrected chi connectivity index (χ3v) is 4.36. The monoisotopic (exact) mass is 284 g/mol. The van der Waals surface area contributed by atoms with Crippen LogP contribution in [0.15, 0.2) is 29.2 Å². The Kier molecular flexibility index (Phi) is 5.97. The molecule has 108 valence electrons. The maximum Gasteiger partial charge on any atom is 0.238 e. The van der Waals surface area contributed by atoms with Crippen LogP contribution in [0, 0.1) is 0 Å². The van der Waals surface area contributed by atoms with Gasteiger partial charge in [-0.3, -0.25) is 0 Å². The summed E-state index contributed by atoms with van der Waals surface area (Å²) < 4.78 is 22.4. The highest BCUT2D eigenvalue weighted by molar-refractivity contribution is 7.89. The number of hydrogen-bond donors (Lipinski definition) is 2. The lowest BCUT2D eigenvalue weighted by Gasteiger charge is -2.24. The van der Waals surface area contributed by atoms with Crippen LogP contribution in [0.4, 0.5) is 0 Å². The van der Waals surface area contributed by atoms with E-state index in [1.54, 1.807) is 12.1 Å². The average molecular weight is 284 g/mol. The van der Waals surface area contributed by atoms with Gasteiger partial charge < -0.3 is 5.32 Å². The topological polar surface area (TPSA) is 72.2 Å². The second kappa shape index (κ2) is 7.03. The van der Waals surface area contributed by atoms with E-state index >= 15 is 0 Å². The molecule has 0 radical (unpaired) electrons. The van der Waals surface area contributed by atoms with Gasteiger partial charge in [0.15, 0.2) is 0 Å². The third-order valence-electron chi connectivity index (χ3n) is 3.43. The Labute approximate surface area is 116 Å². The number of nitrogens with two attached hydrogens (primary N) is 1. The largest absolute Gasteiger partial charge is 0.313 e. The number of nitrogens with one attached hydrogen (secondary N) is 1. The summed E-state index contributed by atoms with van der Waals surface area (Å²) in [7, 11) is -3.60. The van der Waals surface area contributed by atoms with Crippen molar-refractivity contribution in [1.29, 1.82) is 0 Å². The van der Waals surface area contributed by atoms with Crippen molar-refractivity contribution in [1.82, 2.24) is 5.32 Å². The molecule has 0 amide bonds. The number of rotatable bonds is 7. The van der Waals surface area contributed by atoms with Crippen LogP contribution in [0.1, 0.15) is 45.1 Å². The van der Waals surface area contributed by atoms with E-state index in [0.29, 0.717) is 12.0 Å². The SMILES string of the molecule is CCCNC(CC)C(C)c1ccc(S(N)(=O)=O)cc1. The van der Waals surface area contributed by atoms with Crippen LogP contribution >= 0.6 is 0 Å². The maximum atomic E-state index is 11.2. The summed E-state index contributed by atoms with van der Waals surface area (Å²) in [6, 6.07) is 7.25. The summed E-state index contributed by atoms with van der Waals surface area (Å²) in [6.07, 6.45) is 2.14. The van der Waals surface area contributed by atoms with Crippen molar-refractivity contribution in [3.05, 3.63) is 29.8 Å². The molecule has 0 saturated heterocycles. The van der Waals surface area contributed by atoms with Gasteiger partial charge >= 0.3 is 0 Å². The van der Waals surface area contributed by atoms with Crippen molar-refractivity contribution in [3.63, 3.8) is 0 Å². The number of sulfonamides is 1. The Balaban J connectivity index is 2.84. The molecule has 0 spiro atoms. The van der Waals surface area contributed by atoms with Crippen molar-refractivity contribution in [2.75, 3.05) is 6.54 Å². The lowest BCUT2D eigenvalue weighted by atomic mass is 9.91. The van der Waals surface area contributed by atoms with Crippen LogP contribution in [0.2, 0.25) is 0 Å². The molecule has 0 aliphatic rings. The summed E-state index contributed by atoms with van der Waals surface area (Å²) in [5.41, 5.74) is 1.13. The van der Waals surface area contributed by atoms with Crippen molar-refractivity contribution in [2.24, 2.45) is 5.14 Å². The highest BCUT2D eigenvalue weighted by atomic mass is 32.2. The molecule has 4 nitrogen and oxygen atoms in total. The second-order valence-corrected chi connectivity index (χ2v) is 6.43. The van der Waals surface area contributed by atoms with Gasteiger partial charge in [0.05, 0.1) is 4.90 Å². The molecule has 1 rings (SSSR count). The molecule has 2 atom stereocenters. The Morgan fingerprint density at radius 2 is 1.79 bits per heavy atom. The molecule has 0 aliphatic heterocycles. The first-order chi connectivity index (χ1) is 8.90. The van der Waals surface area contributed by atoms with Gasteiger partial charge in [-0.25, -0.2) is 13.6 Å². The Hall–Kier alpha value is -0.910. The summed E-state index contributed by atoms with van der Waals surface area (Å²) in [5.74, 6) is 0.339. The van der Waals surface area contributed by atoms with E-state index in [9.17, 15) is 8.42 Å². The number of hydrogen-bond acceptors (Lipinski definition) is 3. The van der Waals surface area contributed by atoms with Crippen LogP contribution in [0.3, 0.4) is 0 Å². The molecular formula is C14H24N2O2S. The van der Waals surface area contributed by atoms with E-state index in [0.717, 1.165) is 24.9 Å². The molecule has 1 aromatic carbocycles. The molecule has 19 heavy (non-hydrogen) atoms. The Morgan fingerprint density at radius 3 is 2.21 bits per heavy atom. The van der Waals surface area contributed by atoms with E-state index in [-0.39, 0.29) is 4.90 Å². The fourth-order valence-electron chi connectivity index (χ4n) is 2.20. The molecule has 3 N–H and O–H groups in total. The zero-order chi connectivity index (χ0) is 14.5. The predicted molar refractivity (Wildman–Crippen MR) is 78.6 cm³/mol. The average Bonchev–Trinajstić information content (AvgIpc) is 2.38. The van der Waals surface area contributed by atoms with E-state index in [1.807, 2.05) is 12.1 Å². The summed E-state index contributed by atoms with van der Waals surface area (Å²) in [5, 5.41) is 8.61. The van der Waals surface area contributed by atoms with Gasteiger partial charge in [0.1, 0.15) is 0 Å². The van der Waals surface area contributed by atoms with E-state index in [4.69, 9.17) is 5.14 Å². The minimum atomic E-state index is -3.60. The van der Waals surface area contributed by atoms with Crippen LogP contribution < -0.4 is 10.5 Å². The Bertz CT molecular complexity index is 483. The summed E-state index contributed by atoms with van der Waals surface area (Å²) in [4.78, 5) is 0.165. The van der Waals surface area contributed by atoms with E-state index < -0.39 is 10.0 Å². The maximum absolute atomic E-state index is 11.2. The molecule has 0 aromatic heterocycles. The highest BCUT2D eigenvalue weighted by Gasteiger charge is 2.17. The number of primary sulfonamides is 1. The second-order valence-electron chi connectivity index (χ2n) is 4.87. The number of benzene rings is 1. The zero-order valence-corrected chi connectivity index (χ0v) is 12.7. The van der Waals surface area contributed by atoms with Gasteiger partial charge in [-0.15, -0.1) is 0 Å². The molecular weight excluding hydrogens is 260 g/mol. The lowest BCUT2D eigenvalue weighted by molar-refractivity contribution is 0.438. The molecule has 5 heteroatoms. The molecule has 0 fully saturated rings. The molecule has 1 aromatic rings. The van der Waals surface area contributed by atoms with Crippen molar-refractivity contribution in [2.45, 2.75) is 50.5 Å². The van der Waals surface area contributed by atoms with Gasteiger partial charge in [0, 0.05) is 6.04 Å². The van der Waals surface area contributed by atoms with Crippen LogP contribution in [0.25, 0.3) is 0 Å². The first kappa shape index (κ1) is 16.1. The molecule has 0 heterocycles. The highest BCUT2D eigenvalue weighted by Crippen LogP contribution is 2.22. The molecule has 0 aliphatic carbocycles. The van der Waals surface area contributed by atoms with Gasteiger partial charge in [-0.05, 0) is 43.0 Å². The van der Waals surface area contributed by atoms with Gasteiger partial charge in [-0.1, -0.05) is 32.9 Å². The van der Waals surface area contributed by atoms with Crippen LogP contribution in [0.5, 0.6) is 0 Å². The van der Waals surface area contributed by atoms with E-state index in [1.165, 1.54) is 0 Å². The molecule has 2 unspecified atom stereocenters. The zero-order valence-electron chi connectivity index (χ0n) is 11.9. The Morgan fingerprint density at radius 1 is 1.21 bits per heavy atom. The van der Waals surface area contributed by atoms with Crippen LogP contribution in [-0.4, -0.2) is 21.0 Å². The standard InChI is InChI=1S/C14H24N2O2S/c1-4-10-16-14(5-2)11(3)12-6-8-13(9-7-12)19(15,17)18/h6-9,11,14,16H,4-5,10H2,1-3H3,(H2,15,17,18). The minimum Gasteiger partial charge on any atom is -0.313 e.